The second-order valence-corrected chi connectivity index (χ2v) is 10.1. The van der Waals surface area contributed by atoms with Crippen LogP contribution in [-0.2, 0) is 29.9 Å². The number of ketones is 2. The Bertz CT molecular complexity index is 1070. The van der Waals surface area contributed by atoms with Crippen LogP contribution in [0.25, 0.3) is 0 Å². The van der Waals surface area contributed by atoms with Crippen LogP contribution in [0.15, 0.2) is 36.4 Å². The monoisotopic (exact) mass is 464 g/mol. The van der Waals surface area contributed by atoms with Gasteiger partial charge >= 0.3 is 11.9 Å². The van der Waals surface area contributed by atoms with Gasteiger partial charge in [0.25, 0.3) is 0 Å². The molecular formula is C28H32O6. The molecule has 0 bridgehead atoms. The molecule has 6 heteroatoms. The van der Waals surface area contributed by atoms with Gasteiger partial charge in [0.05, 0.1) is 13.2 Å². The van der Waals surface area contributed by atoms with Crippen LogP contribution >= 0.6 is 0 Å². The molecule has 0 saturated heterocycles. The predicted octanol–water partition coefficient (Wildman–Crippen LogP) is 4.92. The summed E-state index contributed by atoms with van der Waals surface area (Å²) in [4.78, 5) is 49.0. The van der Waals surface area contributed by atoms with Crippen molar-refractivity contribution in [3.63, 3.8) is 0 Å². The minimum atomic E-state index is -0.353. The van der Waals surface area contributed by atoms with Crippen LogP contribution in [0, 0.1) is 0 Å². The van der Waals surface area contributed by atoms with E-state index in [-0.39, 0.29) is 47.5 Å². The van der Waals surface area contributed by atoms with Crippen molar-refractivity contribution in [3.8, 4) is 0 Å². The summed E-state index contributed by atoms with van der Waals surface area (Å²) in [5, 5.41) is 0. The van der Waals surface area contributed by atoms with Crippen molar-refractivity contribution in [1.82, 2.24) is 0 Å². The maximum absolute atomic E-state index is 13.5. The van der Waals surface area contributed by atoms with E-state index in [9.17, 15) is 19.2 Å². The number of benzene rings is 2. The lowest BCUT2D eigenvalue weighted by molar-refractivity contribution is -0.142. The van der Waals surface area contributed by atoms with E-state index < -0.39 is 0 Å². The highest BCUT2D eigenvalue weighted by molar-refractivity contribution is 6.28. The third-order valence-electron chi connectivity index (χ3n) is 6.65. The van der Waals surface area contributed by atoms with E-state index in [1.54, 1.807) is 24.3 Å². The van der Waals surface area contributed by atoms with Gasteiger partial charge in [-0.2, -0.15) is 0 Å². The molecule has 2 aromatic rings. The molecule has 0 N–H and O–H groups in total. The lowest BCUT2D eigenvalue weighted by Crippen LogP contribution is -2.26. The zero-order chi connectivity index (χ0) is 25.3. The van der Waals surface area contributed by atoms with E-state index in [1.807, 2.05) is 39.8 Å². The number of carbonyl (C=O) groups excluding carboxylic acids is 4. The van der Waals surface area contributed by atoms with Crippen molar-refractivity contribution in [1.29, 1.82) is 0 Å². The van der Waals surface area contributed by atoms with Gasteiger partial charge in [0.1, 0.15) is 0 Å². The topological polar surface area (TPSA) is 86.7 Å². The fourth-order valence-corrected chi connectivity index (χ4v) is 4.18. The molecule has 2 aromatic carbocycles. The zero-order valence-electron chi connectivity index (χ0n) is 20.7. The third kappa shape index (κ3) is 5.27. The van der Waals surface area contributed by atoms with Crippen LogP contribution in [0.3, 0.4) is 0 Å². The molecule has 0 heterocycles. The Morgan fingerprint density at radius 1 is 0.647 bits per heavy atom. The minimum Gasteiger partial charge on any atom is -0.466 e. The van der Waals surface area contributed by atoms with Gasteiger partial charge in [-0.25, -0.2) is 0 Å². The molecule has 34 heavy (non-hydrogen) atoms. The van der Waals surface area contributed by atoms with Crippen molar-refractivity contribution >= 4 is 23.5 Å². The molecule has 3 rings (SSSR count). The van der Waals surface area contributed by atoms with E-state index in [4.69, 9.17) is 9.47 Å². The predicted molar refractivity (Wildman–Crippen MR) is 128 cm³/mol. The Morgan fingerprint density at radius 3 is 1.35 bits per heavy atom. The van der Waals surface area contributed by atoms with Gasteiger partial charge in [-0.3, -0.25) is 19.2 Å². The summed E-state index contributed by atoms with van der Waals surface area (Å²) < 4.78 is 10.2. The Kier molecular flexibility index (Phi) is 7.10. The highest BCUT2D eigenvalue weighted by Gasteiger charge is 2.33. The summed E-state index contributed by atoms with van der Waals surface area (Å²) in [6.45, 7) is 11.4. The van der Waals surface area contributed by atoms with Crippen LogP contribution in [0.1, 0.15) is 97.4 Å². The summed E-state index contributed by atoms with van der Waals surface area (Å²) in [6, 6.07) is 10.8. The van der Waals surface area contributed by atoms with Crippen molar-refractivity contribution < 1.29 is 28.7 Å². The Labute approximate surface area is 200 Å². The van der Waals surface area contributed by atoms with Crippen molar-refractivity contribution in [2.45, 2.75) is 65.2 Å². The molecule has 0 unspecified atom stereocenters. The van der Waals surface area contributed by atoms with Crippen LogP contribution in [0.4, 0.5) is 0 Å². The molecule has 0 spiro atoms. The van der Waals surface area contributed by atoms with Crippen LogP contribution in [0.5, 0.6) is 0 Å². The van der Waals surface area contributed by atoms with E-state index in [0.29, 0.717) is 35.1 Å². The van der Waals surface area contributed by atoms with Crippen LogP contribution in [-0.4, -0.2) is 36.7 Å². The van der Waals surface area contributed by atoms with Crippen molar-refractivity contribution in [2.75, 3.05) is 13.2 Å². The molecule has 0 amide bonds. The summed E-state index contributed by atoms with van der Waals surface area (Å²) in [5.41, 5.74) is 2.69. The first-order valence-electron chi connectivity index (χ1n) is 11.5. The SMILES string of the molecule is CC(=O)OCCC(C)(C)c1ccc2c(c1)C(=O)c1cc(C(C)(C)CCOC(C)=O)ccc1C2=O. The van der Waals surface area contributed by atoms with Crippen LogP contribution in [0.2, 0.25) is 0 Å². The van der Waals surface area contributed by atoms with Gasteiger partial charge in [-0.05, 0) is 59.1 Å². The summed E-state index contributed by atoms with van der Waals surface area (Å²) in [5.74, 6) is -1.01. The molecule has 1 aliphatic rings. The maximum Gasteiger partial charge on any atom is 0.302 e. The number of carbonyl (C=O) groups is 4. The lowest BCUT2D eigenvalue weighted by Gasteiger charge is -2.28. The third-order valence-corrected chi connectivity index (χ3v) is 6.65. The molecular weight excluding hydrogens is 432 g/mol. The fourth-order valence-electron chi connectivity index (χ4n) is 4.18. The van der Waals surface area contributed by atoms with Crippen molar-refractivity contribution in [3.05, 3.63) is 69.8 Å². The Balaban J connectivity index is 1.92. The van der Waals surface area contributed by atoms with Crippen LogP contribution < -0.4 is 0 Å². The molecule has 0 fully saturated rings. The number of esters is 2. The van der Waals surface area contributed by atoms with E-state index in [2.05, 4.69) is 0 Å². The molecule has 0 aromatic heterocycles. The minimum absolute atomic E-state index is 0.168. The summed E-state index contributed by atoms with van der Waals surface area (Å²) in [6.07, 6.45) is 1.18. The van der Waals surface area contributed by atoms with Gasteiger partial charge < -0.3 is 9.47 Å². The van der Waals surface area contributed by atoms with Gasteiger partial charge in [0.2, 0.25) is 0 Å². The molecule has 0 aliphatic heterocycles. The van der Waals surface area contributed by atoms with Crippen molar-refractivity contribution in [2.24, 2.45) is 0 Å². The first-order valence-corrected chi connectivity index (χ1v) is 11.5. The lowest BCUT2D eigenvalue weighted by atomic mass is 9.75. The Morgan fingerprint density at radius 2 is 1.00 bits per heavy atom. The quantitative estimate of drug-likeness (QED) is 0.440. The second kappa shape index (κ2) is 9.53. The zero-order valence-corrected chi connectivity index (χ0v) is 20.7. The van der Waals surface area contributed by atoms with Gasteiger partial charge in [-0.15, -0.1) is 0 Å². The summed E-state index contributed by atoms with van der Waals surface area (Å²) >= 11 is 0. The number of ether oxygens (including phenoxy) is 2. The number of hydrogen-bond acceptors (Lipinski definition) is 6. The highest BCUT2D eigenvalue weighted by Crippen LogP contribution is 2.36. The number of fused-ring (bicyclic) bond motifs is 2. The average molecular weight is 465 g/mol. The molecule has 6 nitrogen and oxygen atoms in total. The standard InChI is InChI=1S/C28H32O6/c1-17(29)33-13-11-27(3,4)19-7-9-21-23(15-19)26(32)24-16-20(8-10-22(24)25(21)31)28(5,6)12-14-34-18(2)30/h7-10,15-16H,11-14H2,1-6H3. The molecule has 0 radical (unpaired) electrons. The molecule has 180 valence electrons. The average Bonchev–Trinajstić information content (AvgIpc) is 2.76. The normalized spacial score (nSPS) is 13.2. The second-order valence-electron chi connectivity index (χ2n) is 10.1. The highest BCUT2D eigenvalue weighted by atomic mass is 16.5. The van der Waals surface area contributed by atoms with Gasteiger partial charge in [-0.1, -0.05) is 39.8 Å². The van der Waals surface area contributed by atoms with Gasteiger partial charge in [0.15, 0.2) is 11.6 Å². The van der Waals surface area contributed by atoms with E-state index in [1.165, 1.54) is 13.8 Å². The first kappa shape index (κ1) is 25.3. The summed E-state index contributed by atoms with van der Waals surface area (Å²) in [7, 11) is 0. The number of rotatable bonds is 8. The number of hydrogen-bond donors (Lipinski definition) is 0. The Hall–Kier alpha value is -3.28. The molecule has 0 saturated carbocycles. The first-order chi connectivity index (χ1) is 15.8. The molecule has 1 aliphatic carbocycles. The fraction of sp³-hybridized carbons (Fsp3) is 0.429. The van der Waals surface area contributed by atoms with Gasteiger partial charge in [0, 0.05) is 36.1 Å². The maximum atomic E-state index is 13.5. The van der Waals surface area contributed by atoms with E-state index >= 15 is 0 Å². The van der Waals surface area contributed by atoms with E-state index in [0.717, 1.165) is 11.1 Å². The smallest absolute Gasteiger partial charge is 0.302 e. The largest absolute Gasteiger partial charge is 0.466 e. The molecule has 0 atom stereocenters.